The average Bonchev–Trinajstić information content (AvgIpc) is 2.92. The van der Waals surface area contributed by atoms with Crippen molar-refractivity contribution in [2.24, 2.45) is 11.7 Å². The Balaban J connectivity index is 1.98. The zero-order valence-electron chi connectivity index (χ0n) is 13.4. The lowest BCUT2D eigenvalue weighted by Crippen LogP contribution is -2.55. The summed E-state index contributed by atoms with van der Waals surface area (Å²) in [6.07, 6.45) is 8.20. The topological polar surface area (TPSA) is 47.7 Å². The number of nitrogens with zero attached hydrogens (tertiary/aromatic N) is 1. The van der Waals surface area contributed by atoms with Crippen molar-refractivity contribution in [3.05, 3.63) is 0 Å². The van der Waals surface area contributed by atoms with Gasteiger partial charge in [-0.05, 0) is 31.6 Å². The fourth-order valence-electron chi connectivity index (χ4n) is 4.15. The molecule has 118 valence electrons. The molecule has 0 amide bonds. The molecule has 4 heteroatoms. The van der Waals surface area contributed by atoms with E-state index in [1.807, 2.05) is 0 Å². The Kier molecular flexibility index (Phi) is 5.84. The van der Waals surface area contributed by atoms with Gasteiger partial charge in [-0.1, -0.05) is 19.8 Å². The van der Waals surface area contributed by atoms with Gasteiger partial charge in [0.05, 0.1) is 12.2 Å². The molecule has 1 aliphatic heterocycles. The fourth-order valence-corrected chi connectivity index (χ4v) is 4.15. The summed E-state index contributed by atoms with van der Waals surface area (Å²) in [5, 5.41) is 0. The minimum atomic E-state index is 0.189. The van der Waals surface area contributed by atoms with E-state index in [2.05, 4.69) is 11.8 Å². The predicted molar refractivity (Wildman–Crippen MR) is 81.8 cm³/mol. The van der Waals surface area contributed by atoms with Crippen molar-refractivity contribution in [3.63, 3.8) is 0 Å². The van der Waals surface area contributed by atoms with Gasteiger partial charge < -0.3 is 15.2 Å². The first-order valence-corrected chi connectivity index (χ1v) is 8.19. The summed E-state index contributed by atoms with van der Waals surface area (Å²) in [5.74, 6) is 0.915. The molecule has 4 nitrogen and oxygen atoms in total. The summed E-state index contributed by atoms with van der Waals surface area (Å²) < 4.78 is 11.2. The maximum Gasteiger partial charge on any atom is 0.0972 e. The van der Waals surface area contributed by atoms with Crippen LogP contribution in [0.4, 0.5) is 0 Å². The Bertz CT molecular complexity index is 278. The van der Waals surface area contributed by atoms with E-state index in [-0.39, 0.29) is 17.7 Å². The van der Waals surface area contributed by atoms with E-state index < -0.39 is 0 Å². The monoisotopic (exact) mass is 284 g/mol. The number of rotatable bonds is 6. The highest BCUT2D eigenvalue weighted by Gasteiger charge is 2.45. The van der Waals surface area contributed by atoms with E-state index in [1.54, 1.807) is 14.2 Å². The molecule has 1 aliphatic carbocycles. The van der Waals surface area contributed by atoms with Gasteiger partial charge in [-0.2, -0.15) is 0 Å². The van der Waals surface area contributed by atoms with Gasteiger partial charge in [0, 0.05) is 39.4 Å². The highest BCUT2D eigenvalue weighted by Crippen LogP contribution is 2.39. The van der Waals surface area contributed by atoms with Crippen molar-refractivity contribution in [1.29, 1.82) is 0 Å². The summed E-state index contributed by atoms with van der Waals surface area (Å²) >= 11 is 0. The second-order valence-electron chi connectivity index (χ2n) is 6.61. The van der Waals surface area contributed by atoms with Crippen molar-refractivity contribution in [2.75, 3.05) is 33.9 Å². The lowest BCUT2D eigenvalue weighted by Gasteiger charge is -2.46. The van der Waals surface area contributed by atoms with E-state index in [0.29, 0.717) is 0 Å². The van der Waals surface area contributed by atoms with Crippen LogP contribution in [0.15, 0.2) is 0 Å². The van der Waals surface area contributed by atoms with E-state index in [9.17, 15) is 0 Å². The maximum atomic E-state index is 6.19. The summed E-state index contributed by atoms with van der Waals surface area (Å²) in [4.78, 5) is 2.55. The summed E-state index contributed by atoms with van der Waals surface area (Å²) in [6, 6.07) is 0. The Hall–Kier alpha value is -0.160. The van der Waals surface area contributed by atoms with E-state index in [4.69, 9.17) is 15.2 Å². The van der Waals surface area contributed by atoms with Crippen LogP contribution in [0, 0.1) is 5.92 Å². The van der Waals surface area contributed by atoms with Crippen LogP contribution in [0.1, 0.15) is 45.4 Å². The van der Waals surface area contributed by atoms with Crippen molar-refractivity contribution in [2.45, 2.75) is 63.2 Å². The van der Waals surface area contributed by atoms with Crippen LogP contribution in [0.25, 0.3) is 0 Å². The molecule has 2 aliphatic rings. The quantitative estimate of drug-likeness (QED) is 0.810. The van der Waals surface area contributed by atoms with Gasteiger partial charge in [0.25, 0.3) is 0 Å². The number of nitrogens with two attached hydrogens (primary N) is 1. The Labute approximate surface area is 124 Å². The third kappa shape index (κ3) is 3.19. The van der Waals surface area contributed by atoms with Gasteiger partial charge >= 0.3 is 0 Å². The van der Waals surface area contributed by atoms with Gasteiger partial charge in [-0.25, -0.2) is 0 Å². The van der Waals surface area contributed by atoms with Crippen molar-refractivity contribution < 1.29 is 9.47 Å². The smallest absolute Gasteiger partial charge is 0.0972 e. The summed E-state index contributed by atoms with van der Waals surface area (Å²) in [5.41, 5.74) is 6.38. The molecular formula is C16H32N2O2. The van der Waals surface area contributed by atoms with Crippen molar-refractivity contribution >= 4 is 0 Å². The molecule has 0 aromatic heterocycles. The van der Waals surface area contributed by atoms with E-state index in [0.717, 1.165) is 25.6 Å². The van der Waals surface area contributed by atoms with E-state index in [1.165, 1.54) is 38.5 Å². The molecule has 0 aromatic rings. The zero-order chi connectivity index (χ0) is 14.6. The molecule has 0 aromatic carbocycles. The van der Waals surface area contributed by atoms with Gasteiger partial charge in [0.2, 0.25) is 0 Å². The van der Waals surface area contributed by atoms with Gasteiger partial charge in [-0.3, -0.25) is 4.90 Å². The third-order valence-electron chi connectivity index (χ3n) is 5.60. The molecule has 2 N–H and O–H groups in total. The lowest BCUT2D eigenvalue weighted by molar-refractivity contribution is -0.00461. The first-order valence-electron chi connectivity index (χ1n) is 8.19. The van der Waals surface area contributed by atoms with Gasteiger partial charge in [-0.15, -0.1) is 0 Å². The minimum Gasteiger partial charge on any atom is -0.377 e. The summed E-state index contributed by atoms with van der Waals surface area (Å²) in [6.45, 7) is 4.98. The predicted octanol–water partition coefficient (Wildman–Crippen LogP) is 2.02. The van der Waals surface area contributed by atoms with Gasteiger partial charge in [0.15, 0.2) is 0 Å². The highest BCUT2D eigenvalue weighted by atomic mass is 16.5. The average molecular weight is 284 g/mol. The number of likely N-dealkylation sites (tertiary alicyclic amines) is 1. The fraction of sp³-hybridized carbons (Fsp3) is 1.00. The zero-order valence-corrected chi connectivity index (χ0v) is 13.4. The Morgan fingerprint density at radius 2 is 1.65 bits per heavy atom. The molecule has 1 saturated heterocycles. The van der Waals surface area contributed by atoms with Crippen molar-refractivity contribution in [1.82, 2.24) is 4.90 Å². The van der Waals surface area contributed by atoms with Crippen LogP contribution in [-0.2, 0) is 9.47 Å². The van der Waals surface area contributed by atoms with Crippen LogP contribution >= 0.6 is 0 Å². The highest BCUT2D eigenvalue weighted by molar-refractivity contribution is 5.01. The molecule has 2 unspecified atom stereocenters. The second-order valence-corrected chi connectivity index (χ2v) is 6.61. The summed E-state index contributed by atoms with van der Waals surface area (Å²) in [7, 11) is 3.57. The molecule has 0 spiro atoms. The number of ether oxygens (including phenoxy) is 2. The van der Waals surface area contributed by atoms with Crippen LogP contribution in [0.5, 0.6) is 0 Å². The molecule has 1 heterocycles. The molecule has 2 fully saturated rings. The molecular weight excluding hydrogens is 252 g/mol. The molecule has 2 rings (SSSR count). The van der Waals surface area contributed by atoms with E-state index >= 15 is 0 Å². The molecule has 0 bridgehead atoms. The second kappa shape index (κ2) is 7.21. The van der Waals surface area contributed by atoms with Crippen LogP contribution < -0.4 is 5.73 Å². The number of hydrogen-bond acceptors (Lipinski definition) is 4. The maximum absolute atomic E-state index is 6.19. The normalized spacial score (nSPS) is 39.3. The Morgan fingerprint density at radius 1 is 1.10 bits per heavy atom. The van der Waals surface area contributed by atoms with Gasteiger partial charge in [0.1, 0.15) is 0 Å². The molecule has 1 saturated carbocycles. The Morgan fingerprint density at radius 3 is 2.05 bits per heavy atom. The SMILES string of the molecule is CCCC1CCC(CN)(N2CC(OC)C(OC)C2)CC1. The number of hydrogen-bond donors (Lipinski definition) is 1. The minimum absolute atomic E-state index is 0.189. The molecule has 0 radical (unpaired) electrons. The first kappa shape index (κ1) is 16.2. The van der Waals surface area contributed by atoms with Crippen molar-refractivity contribution in [3.8, 4) is 0 Å². The third-order valence-corrected chi connectivity index (χ3v) is 5.60. The van der Waals surface area contributed by atoms with Crippen LogP contribution in [0.2, 0.25) is 0 Å². The largest absolute Gasteiger partial charge is 0.377 e. The van der Waals surface area contributed by atoms with Crippen LogP contribution in [-0.4, -0.2) is 56.5 Å². The lowest BCUT2D eigenvalue weighted by atomic mass is 9.74. The van der Waals surface area contributed by atoms with Crippen LogP contribution in [0.3, 0.4) is 0 Å². The standard InChI is InChI=1S/C16H32N2O2/c1-4-5-13-6-8-16(12-17,9-7-13)18-10-14(19-2)15(11-18)20-3/h13-15H,4-12,17H2,1-3H3. The first-order chi connectivity index (χ1) is 9.69. The molecule has 20 heavy (non-hydrogen) atoms. The number of methoxy groups -OCH3 is 2. The molecule has 2 atom stereocenters.